The molecule has 2 N–H and O–H groups in total. The third-order valence-corrected chi connectivity index (χ3v) is 5.31. The average molecular weight is 304 g/mol. The second-order valence-electron chi connectivity index (χ2n) is 5.06. The predicted molar refractivity (Wildman–Crippen MR) is 84.2 cm³/mol. The van der Waals surface area contributed by atoms with Crippen LogP contribution in [0.1, 0.15) is 16.7 Å². The molecule has 2 aromatic rings. The highest BCUT2D eigenvalue weighted by atomic mass is 32.2. The fraction of sp³-hybridized carbons (Fsp3) is 0.250. The zero-order valence-corrected chi connectivity index (χ0v) is 13.1. The lowest BCUT2D eigenvalue weighted by Gasteiger charge is -2.19. The van der Waals surface area contributed by atoms with Gasteiger partial charge in [0.05, 0.1) is 4.90 Å². The van der Waals surface area contributed by atoms with Gasteiger partial charge in [-0.05, 0) is 24.1 Å². The Hall–Kier alpha value is -1.69. The zero-order valence-electron chi connectivity index (χ0n) is 12.3. The van der Waals surface area contributed by atoms with Crippen LogP contribution in [-0.4, -0.2) is 19.8 Å². The normalized spacial score (nSPS) is 11.8. The molecule has 2 aromatic carbocycles. The van der Waals surface area contributed by atoms with Gasteiger partial charge in [-0.2, -0.15) is 4.31 Å². The maximum atomic E-state index is 12.7. The van der Waals surface area contributed by atoms with Crippen molar-refractivity contribution in [1.29, 1.82) is 0 Å². The second kappa shape index (κ2) is 6.39. The van der Waals surface area contributed by atoms with Crippen LogP contribution < -0.4 is 5.73 Å². The van der Waals surface area contributed by atoms with Gasteiger partial charge >= 0.3 is 0 Å². The van der Waals surface area contributed by atoms with Crippen LogP contribution >= 0.6 is 0 Å². The van der Waals surface area contributed by atoms with Crippen molar-refractivity contribution >= 4 is 10.0 Å². The number of sulfonamides is 1. The molecule has 0 aliphatic carbocycles. The fourth-order valence-electron chi connectivity index (χ4n) is 2.13. The Bertz CT molecular complexity index is 709. The summed E-state index contributed by atoms with van der Waals surface area (Å²) in [6.45, 7) is 2.54. The fourth-order valence-corrected chi connectivity index (χ4v) is 3.52. The molecule has 2 rings (SSSR count). The van der Waals surface area contributed by atoms with Gasteiger partial charge in [-0.15, -0.1) is 0 Å². The highest BCUT2D eigenvalue weighted by molar-refractivity contribution is 7.89. The van der Waals surface area contributed by atoms with Crippen molar-refractivity contribution in [1.82, 2.24) is 4.31 Å². The molecule has 0 aliphatic rings. The van der Waals surface area contributed by atoms with Gasteiger partial charge in [0.2, 0.25) is 10.0 Å². The smallest absolute Gasteiger partial charge is 0.243 e. The Morgan fingerprint density at radius 2 is 1.67 bits per heavy atom. The highest BCUT2D eigenvalue weighted by Gasteiger charge is 2.23. The molecular formula is C16H20N2O2S. The van der Waals surface area contributed by atoms with E-state index in [1.807, 2.05) is 31.2 Å². The van der Waals surface area contributed by atoms with Crippen LogP contribution in [0.4, 0.5) is 0 Å². The van der Waals surface area contributed by atoms with Crippen molar-refractivity contribution in [2.75, 3.05) is 7.05 Å². The number of rotatable bonds is 5. The van der Waals surface area contributed by atoms with Crippen LogP contribution in [-0.2, 0) is 23.1 Å². The Morgan fingerprint density at radius 3 is 2.29 bits per heavy atom. The van der Waals surface area contributed by atoms with Gasteiger partial charge in [-0.3, -0.25) is 0 Å². The molecule has 21 heavy (non-hydrogen) atoms. The summed E-state index contributed by atoms with van der Waals surface area (Å²) in [5, 5.41) is 0. The molecule has 0 heterocycles. The van der Waals surface area contributed by atoms with E-state index in [1.165, 1.54) is 4.31 Å². The van der Waals surface area contributed by atoms with E-state index in [-0.39, 0.29) is 11.4 Å². The summed E-state index contributed by atoms with van der Waals surface area (Å²) in [5.74, 6) is 0. The average Bonchev–Trinajstić information content (AvgIpc) is 2.49. The maximum absolute atomic E-state index is 12.7. The van der Waals surface area contributed by atoms with E-state index in [9.17, 15) is 8.42 Å². The molecule has 112 valence electrons. The lowest BCUT2D eigenvalue weighted by Crippen LogP contribution is -2.27. The molecule has 4 nitrogen and oxygen atoms in total. The number of nitrogens with two attached hydrogens (primary N) is 1. The van der Waals surface area contributed by atoms with Gasteiger partial charge in [0.15, 0.2) is 0 Å². The molecule has 0 atom stereocenters. The van der Waals surface area contributed by atoms with Gasteiger partial charge < -0.3 is 5.73 Å². The quantitative estimate of drug-likeness (QED) is 0.921. The Kier molecular flexibility index (Phi) is 4.77. The molecule has 0 amide bonds. The highest BCUT2D eigenvalue weighted by Crippen LogP contribution is 2.20. The van der Waals surface area contributed by atoms with Crippen LogP contribution in [0.3, 0.4) is 0 Å². The van der Waals surface area contributed by atoms with E-state index in [4.69, 9.17) is 5.73 Å². The molecule has 0 aromatic heterocycles. The molecule has 0 fully saturated rings. The van der Waals surface area contributed by atoms with Gasteiger partial charge in [-0.25, -0.2) is 8.42 Å². The van der Waals surface area contributed by atoms with Crippen molar-refractivity contribution in [2.24, 2.45) is 5.73 Å². The molecule has 0 bridgehead atoms. The summed E-state index contributed by atoms with van der Waals surface area (Å²) >= 11 is 0. The van der Waals surface area contributed by atoms with E-state index in [0.29, 0.717) is 12.1 Å². The minimum absolute atomic E-state index is 0.202. The summed E-state index contributed by atoms with van der Waals surface area (Å²) in [6, 6.07) is 14.7. The lowest BCUT2D eigenvalue weighted by atomic mass is 10.1. The first-order valence-electron chi connectivity index (χ1n) is 6.75. The minimum Gasteiger partial charge on any atom is -0.326 e. The van der Waals surface area contributed by atoms with Gasteiger partial charge in [0, 0.05) is 20.1 Å². The summed E-state index contributed by atoms with van der Waals surface area (Å²) < 4.78 is 26.7. The number of aryl methyl sites for hydroxylation is 1. The largest absolute Gasteiger partial charge is 0.326 e. The molecule has 0 aliphatic heterocycles. The third kappa shape index (κ3) is 3.50. The molecule has 5 heteroatoms. The van der Waals surface area contributed by atoms with Crippen LogP contribution in [0.15, 0.2) is 53.4 Å². The Labute approximate surface area is 126 Å². The topological polar surface area (TPSA) is 63.4 Å². The van der Waals surface area contributed by atoms with E-state index < -0.39 is 10.0 Å². The maximum Gasteiger partial charge on any atom is 0.243 e. The lowest BCUT2D eigenvalue weighted by molar-refractivity contribution is 0.466. The monoisotopic (exact) mass is 304 g/mol. The van der Waals surface area contributed by atoms with Crippen molar-refractivity contribution in [3.63, 3.8) is 0 Å². The van der Waals surface area contributed by atoms with Crippen molar-refractivity contribution in [2.45, 2.75) is 24.9 Å². The zero-order chi connectivity index (χ0) is 15.5. The van der Waals surface area contributed by atoms with Crippen LogP contribution in [0.25, 0.3) is 0 Å². The first kappa shape index (κ1) is 15.7. The second-order valence-corrected chi connectivity index (χ2v) is 7.07. The molecular weight excluding hydrogens is 284 g/mol. The van der Waals surface area contributed by atoms with E-state index in [1.54, 1.807) is 31.3 Å². The first-order chi connectivity index (χ1) is 9.95. The summed E-state index contributed by atoms with van der Waals surface area (Å²) in [5.41, 5.74) is 8.37. The van der Waals surface area contributed by atoms with E-state index in [0.717, 1.165) is 11.1 Å². The summed E-state index contributed by atoms with van der Waals surface area (Å²) in [6.07, 6.45) is 0. The van der Waals surface area contributed by atoms with Crippen LogP contribution in [0.2, 0.25) is 0 Å². The summed E-state index contributed by atoms with van der Waals surface area (Å²) in [4.78, 5) is 0.280. The van der Waals surface area contributed by atoms with Crippen molar-refractivity contribution < 1.29 is 8.42 Å². The molecule has 0 unspecified atom stereocenters. The standard InChI is InChI=1S/C16H20N2O2S/c1-13-7-9-14(10-8-13)12-18(2)21(19,20)16-6-4-3-5-15(16)11-17/h3-10H,11-12,17H2,1-2H3. The van der Waals surface area contributed by atoms with Gasteiger partial charge in [0.1, 0.15) is 0 Å². The number of hydrogen-bond donors (Lipinski definition) is 1. The molecule has 0 radical (unpaired) electrons. The SMILES string of the molecule is Cc1ccc(CN(C)S(=O)(=O)c2ccccc2CN)cc1. The van der Waals surface area contributed by atoms with E-state index >= 15 is 0 Å². The number of benzene rings is 2. The van der Waals surface area contributed by atoms with Crippen molar-refractivity contribution in [3.05, 3.63) is 65.2 Å². The Morgan fingerprint density at radius 1 is 1.05 bits per heavy atom. The predicted octanol–water partition coefficient (Wildman–Crippen LogP) is 2.27. The number of hydrogen-bond acceptors (Lipinski definition) is 3. The number of nitrogens with zero attached hydrogens (tertiary/aromatic N) is 1. The molecule has 0 saturated heterocycles. The van der Waals surface area contributed by atoms with Crippen LogP contribution in [0.5, 0.6) is 0 Å². The first-order valence-corrected chi connectivity index (χ1v) is 8.19. The molecule has 0 spiro atoms. The minimum atomic E-state index is -3.54. The van der Waals surface area contributed by atoms with E-state index in [2.05, 4.69) is 0 Å². The molecule has 0 saturated carbocycles. The summed E-state index contributed by atoms with van der Waals surface area (Å²) in [7, 11) is -1.95. The van der Waals surface area contributed by atoms with Gasteiger partial charge in [-0.1, -0.05) is 48.0 Å². The van der Waals surface area contributed by atoms with Crippen LogP contribution in [0, 0.1) is 6.92 Å². The van der Waals surface area contributed by atoms with Gasteiger partial charge in [0.25, 0.3) is 0 Å². The third-order valence-electron chi connectivity index (χ3n) is 3.41. The van der Waals surface area contributed by atoms with Crippen molar-refractivity contribution in [3.8, 4) is 0 Å². The Balaban J connectivity index is 2.28.